The zero-order valence-electron chi connectivity index (χ0n) is 8.18. The highest BCUT2D eigenvalue weighted by atomic mass is 79.9. The van der Waals surface area contributed by atoms with Crippen LogP contribution < -0.4 is 11.5 Å². The minimum Gasteiger partial charge on any atom is -0.507 e. The Morgan fingerprint density at radius 1 is 1.50 bits per heavy atom. The summed E-state index contributed by atoms with van der Waals surface area (Å²) in [4.78, 5) is 10.7. The quantitative estimate of drug-likeness (QED) is 0.671. The predicted molar refractivity (Wildman–Crippen MR) is 66.0 cm³/mol. The molecule has 0 saturated carbocycles. The van der Waals surface area contributed by atoms with Gasteiger partial charge in [0.25, 0.3) is 0 Å². The van der Waals surface area contributed by atoms with Crippen molar-refractivity contribution in [2.45, 2.75) is 6.04 Å². The Labute approximate surface area is 107 Å². The number of carboxylic acids is 1. The summed E-state index contributed by atoms with van der Waals surface area (Å²) >= 11 is 3.18. The molecule has 0 aromatic heterocycles. The fourth-order valence-electron chi connectivity index (χ4n) is 1.23. The second kappa shape index (κ2) is 6.05. The van der Waals surface area contributed by atoms with Crippen LogP contribution in [0.15, 0.2) is 16.6 Å². The third kappa shape index (κ3) is 2.85. The maximum Gasteiger partial charge on any atom is 0.339 e. The van der Waals surface area contributed by atoms with E-state index in [0.29, 0.717) is 10.0 Å². The van der Waals surface area contributed by atoms with Crippen LogP contribution in [-0.2, 0) is 0 Å². The molecule has 16 heavy (non-hydrogen) atoms. The molecule has 0 bridgehead atoms. The lowest BCUT2D eigenvalue weighted by Crippen LogP contribution is -2.21. The Morgan fingerprint density at radius 2 is 2.06 bits per heavy atom. The Hall–Kier alpha value is -0.820. The van der Waals surface area contributed by atoms with Gasteiger partial charge in [-0.05, 0) is 12.1 Å². The Morgan fingerprint density at radius 3 is 2.50 bits per heavy atom. The highest BCUT2D eigenvalue weighted by molar-refractivity contribution is 9.10. The SMILES string of the molecule is Cl.NC[C@@H](N)c1c(Br)ccc(C(=O)O)c1O. The molecule has 0 radical (unpaired) electrons. The van der Waals surface area contributed by atoms with Crippen molar-refractivity contribution in [3.8, 4) is 5.75 Å². The summed E-state index contributed by atoms with van der Waals surface area (Å²) in [5.74, 6) is -1.54. The number of hydrogen-bond acceptors (Lipinski definition) is 4. The van der Waals surface area contributed by atoms with Gasteiger partial charge in [-0.15, -0.1) is 12.4 Å². The van der Waals surface area contributed by atoms with E-state index in [0.717, 1.165) is 0 Å². The van der Waals surface area contributed by atoms with E-state index in [9.17, 15) is 9.90 Å². The summed E-state index contributed by atoms with van der Waals surface area (Å²) in [7, 11) is 0. The Bertz CT molecular complexity index is 401. The lowest BCUT2D eigenvalue weighted by molar-refractivity contribution is 0.0693. The first-order valence-electron chi connectivity index (χ1n) is 4.19. The molecule has 1 rings (SSSR count). The van der Waals surface area contributed by atoms with Gasteiger partial charge in [-0.1, -0.05) is 15.9 Å². The highest BCUT2D eigenvalue weighted by Crippen LogP contribution is 2.33. The smallest absolute Gasteiger partial charge is 0.339 e. The lowest BCUT2D eigenvalue weighted by Gasteiger charge is -2.14. The second-order valence-corrected chi connectivity index (χ2v) is 3.86. The number of nitrogens with two attached hydrogens (primary N) is 2. The van der Waals surface area contributed by atoms with E-state index in [4.69, 9.17) is 16.6 Å². The molecule has 1 atom stereocenters. The molecule has 0 heterocycles. The maximum atomic E-state index is 10.7. The molecule has 7 heteroatoms. The number of rotatable bonds is 3. The number of phenols is 1. The van der Waals surface area contributed by atoms with Crippen LogP contribution in [0, 0.1) is 0 Å². The molecule has 6 N–H and O–H groups in total. The first-order valence-corrected chi connectivity index (χ1v) is 4.98. The highest BCUT2D eigenvalue weighted by Gasteiger charge is 2.19. The minimum atomic E-state index is -1.20. The largest absolute Gasteiger partial charge is 0.507 e. The van der Waals surface area contributed by atoms with Crippen LogP contribution in [0.1, 0.15) is 22.0 Å². The van der Waals surface area contributed by atoms with E-state index in [1.807, 2.05) is 0 Å². The molecule has 0 aliphatic rings. The lowest BCUT2D eigenvalue weighted by atomic mass is 10.0. The Balaban J connectivity index is 0.00000225. The van der Waals surface area contributed by atoms with Crippen LogP contribution >= 0.6 is 28.3 Å². The number of aromatic carboxylic acids is 1. The summed E-state index contributed by atoms with van der Waals surface area (Å²) in [6.07, 6.45) is 0. The van der Waals surface area contributed by atoms with Crippen molar-refractivity contribution in [2.75, 3.05) is 6.54 Å². The maximum absolute atomic E-state index is 10.7. The molecule has 90 valence electrons. The molecule has 0 spiro atoms. The van der Waals surface area contributed by atoms with Crippen LogP contribution in [-0.4, -0.2) is 22.7 Å². The summed E-state index contributed by atoms with van der Waals surface area (Å²) in [6.45, 7) is 0.120. The van der Waals surface area contributed by atoms with E-state index in [2.05, 4.69) is 15.9 Å². The average molecular weight is 312 g/mol. The van der Waals surface area contributed by atoms with Crippen LogP contribution in [0.3, 0.4) is 0 Å². The van der Waals surface area contributed by atoms with Crippen LogP contribution in [0.4, 0.5) is 0 Å². The van der Waals surface area contributed by atoms with Crippen molar-refractivity contribution in [2.24, 2.45) is 11.5 Å². The van der Waals surface area contributed by atoms with Gasteiger partial charge in [0.2, 0.25) is 0 Å². The van der Waals surface area contributed by atoms with E-state index in [1.165, 1.54) is 12.1 Å². The molecule has 0 aliphatic carbocycles. The fraction of sp³-hybridized carbons (Fsp3) is 0.222. The van der Waals surface area contributed by atoms with Gasteiger partial charge in [-0.25, -0.2) is 4.79 Å². The average Bonchev–Trinajstić information content (AvgIpc) is 2.16. The van der Waals surface area contributed by atoms with E-state index < -0.39 is 12.0 Å². The predicted octanol–water partition coefficient (Wildman–Crippen LogP) is 1.23. The summed E-state index contributed by atoms with van der Waals surface area (Å²) < 4.78 is 0.544. The van der Waals surface area contributed by atoms with Crippen LogP contribution in [0.5, 0.6) is 5.75 Å². The standard InChI is InChI=1S/C9H11BrN2O3.ClH/c10-5-2-1-4(9(14)15)8(13)7(5)6(12)3-11;/h1-2,6,13H,3,11-12H2,(H,14,15);1H/t6-;/m1./s1. The van der Waals surface area contributed by atoms with Crippen LogP contribution in [0.25, 0.3) is 0 Å². The number of carbonyl (C=O) groups is 1. The van der Waals surface area contributed by atoms with Gasteiger partial charge in [0.05, 0.1) is 0 Å². The number of benzene rings is 1. The number of halogens is 2. The van der Waals surface area contributed by atoms with Gasteiger partial charge in [0.1, 0.15) is 11.3 Å². The van der Waals surface area contributed by atoms with E-state index in [-0.39, 0.29) is 30.3 Å². The molecule has 0 amide bonds. The second-order valence-electron chi connectivity index (χ2n) is 3.00. The molecule has 0 aliphatic heterocycles. The number of hydrogen-bond donors (Lipinski definition) is 4. The van der Waals surface area contributed by atoms with E-state index in [1.54, 1.807) is 0 Å². The molecule has 5 nitrogen and oxygen atoms in total. The minimum absolute atomic E-state index is 0. The fourth-order valence-corrected chi connectivity index (χ4v) is 1.84. The molecule has 1 aromatic carbocycles. The van der Waals surface area contributed by atoms with Gasteiger partial charge < -0.3 is 21.7 Å². The van der Waals surface area contributed by atoms with Crippen LogP contribution in [0.2, 0.25) is 0 Å². The molecule has 1 aromatic rings. The molecule has 0 saturated heterocycles. The van der Waals surface area contributed by atoms with Crippen molar-refractivity contribution in [1.29, 1.82) is 0 Å². The third-order valence-electron chi connectivity index (χ3n) is 2.02. The van der Waals surface area contributed by atoms with Gasteiger partial charge >= 0.3 is 5.97 Å². The normalized spacial score (nSPS) is 11.7. The van der Waals surface area contributed by atoms with Gasteiger partial charge in [0.15, 0.2) is 0 Å². The number of carboxylic acid groups (broad SMARTS) is 1. The first-order chi connectivity index (χ1) is 6.99. The zero-order chi connectivity index (χ0) is 11.6. The van der Waals surface area contributed by atoms with Gasteiger partial charge in [-0.3, -0.25) is 0 Å². The molecular formula is C9H12BrClN2O3. The monoisotopic (exact) mass is 310 g/mol. The Kier molecular flexibility index (Phi) is 5.74. The summed E-state index contributed by atoms with van der Waals surface area (Å²) in [5, 5.41) is 18.5. The summed E-state index contributed by atoms with van der Waals surface area (Å²) in [6, 6.07) is 2.22. The van der Waals surface area contributed by atoms with Gasteiger partial charge in [-0.2, -0.15) is 0 Å². The first kappa shape index (κ1) is 15.2. The topological polar surface area (TPSA) is 110 Å². The van der Waals surface area contributed by atoms with Crippen molar-refractivity contribution in [3.05, 3.63) is 27.7 Å². The van der Waals surface area contributed by atoms with Crippen molar-refractivity contribution >= 4 is 34.3 Å². The number of aromatic hydroxyl groups is 1. The molecular weight excluding hydrogens is 299 g/mol. The molecule has 0 fully saturated rings. The van der Waals surface area contributed by atoms with Crippen molar-refractivity contribution < 1.29 is 15.0 Å². The van der Waals surface area contributed by atoms with Crippen molar-refractivity contribution in [1.82, 2.24) is 0 Å². The zero-order valence-corrected chi connectivity index (χ0v) is 10.6. The summed E-state index contributed by atoms with van der Waals surface area (Å²) in [5.41, 5.74) is 11.2. The third-order valence-corrected chi connectivity index (χ3v) is 2.71. The van der Waals surface area contributed by atoms with E-state index >= 15 is 0 Å². The van der Waals surface area contributed by atoms with Gasteiger partial charge in [0, 0.05) is 22.6 Å². The molecule has 0 unspecified atom stereocenters. The van der Waals surface area contributed by atoms with Crippen molar-refractivity contribution in [3.63, 3.8) is 0 Å².